The maximum atomic E-state index is 13.0. The number of carbonyl (C=O) groups is 1. The summed E-state index contributed by atoms with van der Waals surface area (Å²) in [5, 5.41) is 2.02. The van der Waals surface area contributed by atoms with Gasteiger partial charge in [-0.1, -0.05) is 26.8 Å². The van der Waals surface area contributed by atoms with E-state index in [0.717, 1.165) is 24.3 Å². The van der Waals surface area contributed by atoms with Crippen LogP contribution >= 0.6 is 11.3 Å². The van der Waals surface area contributed by atoms with Crippen molar-refractivity contribution in [2.45, 2.75) is 64.9 Å². The molecule has 0 spiro atoms. The molecular weight excluding hydrogens is 456 g/mol. The monoisotopic (exact) mass is 490 g/mol. The second kappa shape index (κ2) is 11.3. The van der Waals surface area contributed by atoms with Crippen molar-refractivity contribution in [1.29, 1.82) is 0 Å². The van der Waals surface area contributed by atoms with Crippen LogP contribution < -0.4 is 0 Å². The molecule has 0 aliphatic rings. The van der Waals surface area contributed by atoms with E-state index in [-0.39, 0.29) is 10.8 Å². The van der Waals surface area contributed by atoms with Crippen LogP contribution in [0.25, 0.3) is 11.0 Å². The highest BCUT2D eigenvalue weighted by Gasteiger charge is 2.23. The highest BCUT2D eigenvalue weighted by molar-refractivity contribution is 7.89. The van der Waals surface area contributed by atoms with Gasteiger partial charge in [-0.2, -0.15) is 4.31 Å². The van der Waals surface area contributed by atoms with Crippen molar-refractivity contribution >= 4 is 38.3 Å². The van der Waals surface area contributed by atoms with Crippen molar-refractivity contribution in [2.24, 2.45) is 0 Å². The summed E-state index contributed by atoms with van der Waals surface area (Å²) >= 11 is 1.66. The van der Waals surface area contributed by atoms with E-state index >= 15 is 0 Å². The summed E-state index contributed by atoms with van der Waals surface area (Å²) in [6, 6.07) is 9.22. The van der Waals surface area contributed by atoms with Gasteiger partial charge in [-0.3, -0.25) is 4.79 Å². The first-order valence-electron chi connectivity index (χ1n) is 11.6. The van der Waals surface area contributed by atoms with Gasteiger partial charge in [0.05, 0.1) is 22.5 Å². The van der Waals surface area contributed by atoms with E-state index < -0.39 is 10.0 Å². The average molecular weight is 491 g/mol. The molecule has 0 saturated carbocycles. The van der Waals surface area contributed by atoms with E-state index in [2.05, 4.69) is 11.5 Å². The van der Waals surface area contributed by atoms with Crippen LogP contribution in [0.15, 0.2) is 40.6 Å². The number of aromatic nitrogens is 2. The molecule has 33 heavy (non-hydrogen) atoms. The number of amides is 1. The van der Waals surface area contributed by atoms with Crippen molar-refractivity contribution in [2.75, 3.05) is 19.6 Å². The predicted molar refractivity (Wildman–Crippen MR) is 134 cm³/mol. The van der Waals surface area contributed by atoms with Crippen LogP contribution in [0.2, 0.25) is 0 Å². The topological polar surface area (TPSA) is 75.5 Å². The van der Waals surface area contributed by atoms with Crippen LogP contribution in [0.3, 0.4) is 0 Å². The summed E-state index contributed by atoms with van der Waals surface area (Å²) in [7, 11) is -3.55. The smallest absolute Gasteiger partial charge is 0.243 e. The summed E-state index contributed by atoms with van der Waals surface area (Å²) in [5.74, 6) is 0.926. The molecule has 1 amide bonds. The fraction of sp³-hybridized carbons (Fsp3) is 0.500. The molecule has 2 heterocycles. The van der Waals surface area contributed by atoms with Gasteiger partial charge in [0.25, 0.3) is 0 Å². The van der Waals surface area contributed by atoms with Gasteiger partial charge < -0.3 is 9.47 Å². The van der Waals surface area contributed by atoms with Crippen LogP contribution in [0, 0.1) is 0 Å². The largest absolute Gasteiger partial charge is 0.338 e. The normalized spacial score (nSPS) is 12.0. The molecule has 0 unspecified atom stereocenters. The molecule has 0 saturated heterocycles. The van der Waals surface area contributed by atoms with Gasteiger partial charge in [-0.05, 0) is 43.0 Å². The number of hydrogen-bond donors (Lipinski definition) is 0. The van der Waals surface area contributed by atoms with E-state index in [0.29, 0.717) is 44.5 Å². The number of carbonyl (C=O) groups excluding carboxylic acids is 1. The Morgan fingerprint density at radius 3 is 2.45 bits per heavy atom. The number of hydrogen-bond acceptors (Lipinski definition) is 5. The number of nitrogens with zero attached hydrogens (tertiary/aromatic N) is 4. The number of benzene rings is 1. The lowest BCUT2D eigenvalue weighted by Crippen LogP contribution is -2.30. The minimum atomic E-state index is -3.55. The first-order chi connectivity index (χ1) is 15.8. The standard InChI is InChI=1S/C24H34N4O3S2/c1-5-15-28-22-12-11-20(33(30,31)27(7-3)8-4)17-21(22)25-23(28)13-14-24(29)26(6-2)18-19-10-9-16-32-19/h9-12,16-17H,5-8,13-15,18H2,1-4H3. The van der Waals surface area contributed by atoms with Crippen molar-refractivity contribution in [1.82, 2.24) is 18.8 Å². The van der Waals surface area contributed by atoms with E-state index in [1.165, 1.54) is 9.18 Å². The Kier molecular flexibility index (Phi) is 8.67. The van der Waals surface area contributed by atoms with Crippen LogP contribution in [0.4, 0.5) is 0 Å². The molecular formula is C24H34N4O3S2. The molecule has 1 aromatic carbocycles. The average Bonchev–Trinajstić information content (AvgIpc) is 3.44. The zero-order chi connectivity index (χ0) is 24.0. The molecule has 0 bridgehead atoms. The fourth-order valence-electron chi connectivity index (χ4n) is 4.04. The maximum Gasteiger partial charge on any atom is 0.243 e. The second-order valence-electron chi connectivity index (χ2n) is 7.91. The van der Waals surface area contributed by atoms with Crippen molar-refractivity contribution in [3.8, 4) is 0 Å². The molecule has 7 nitrogen and oxygen atoms in total. The highest BCUT2D eigenvalue weighted by Crippen LogP contribution is 2.24. The molecule has 3 aromatic rings. The van der Waals surface area contributed by atoms with Gasteiger partial charge in [0, 0.05) is 43.9 Å². The minimum Gasteiger partial charge on any atom is -0.338 e. The first kappa shape index (κ1) is 25.4. The maximum absolute atomic E-state index is 13.0. The van der Waals surface area contributed by atoms with Crippen molar-refractivity contribution < 1.29 is 13.2 Å². The number of fused-ring (bicyclic) bond motifs is 1. The summed E-state index contributed by atoms with van der Waals surface area (Å²) < 4.78 is 29.5. The van der Waals surface area contributed by atoms with E-state index in [1.807, 2.05) is 49.3 Å². The lowest BCUT2D eigenvalue weighted by molar-refractivity contribution is -0.131. The van der Waals surface area contributed by atoms with E-state index in [1.54, 1.807) is 23.5 Å². The molecule has 0 aliphatic carbocycles. The summed E-state index contributed by atoms with van der Waals surface area (Å²) in [5.41, 5.74) is 1.56. The van der Waals surface area contributed by atoms with E-state index in [9.17, 15) is 13.2 Å². The minimum absolute atomic E-state index is 0.103. The molecule has 0 N–H and O–H groups in total. The number of thiophene rings is 1. The Hall–Kier alpha value is -2.23. The Balaban J connectivity index is 1.84. The van der Waals surface area contributed by atoms with Gasteiger partial charge in [0.15, 0.2) is 0 Å². The number of imidazole rings is 1. The first-order valence-corrected chi connectivity index (χ1v) is 14.0. The van der Waals surface area contributed by atoms with Crippen molar-refractivity contribution in [3.63, 3.8) is 0 Å². The Labute approximate surface area is 201 Å². The van der Waals surface area contributed by atoms with Crippen LogP contribution in [0.5, 0.6) is 0 Å². The molecule has 3 rings (SSSR count). The zero-order valence-electron chi connectivity index (χ0n) is 20.0. The second-order valence-corrected chi connectivity index (χ2v) is 10.9. The lowest BCUT2D eigenvalue weighted by atomic mass is 10.2. The molecule has 0 aliphatic heterocycles. The molecule has 180 valence electrons. The van der Waals surface area contributed by atoms with Gasteiger partial charge in [-0.25, -0.2) is 13.4 Å². The lowest BCUT2D eigenvalue weighted by Gasteiger charge is -2.20. The predicted octanol–water partition coefficient (Wildman–Crippen LogP) is 4.52. The van der Waals surface area contributed by atoms with Gasteiger partial charge >= 0.3 is 0 Å². The quantitative estimate of drug-likeness (QED) is 0.374. The molecule has 0 radical (unpaired) electrons. The Morgan fingerprint density at radius 1 is 1.09 bits per heavy atom. The van der Waals surface area contributed by atoms with Gasteiger partial charge in [0.2, 0.25) is 15.9 Å². The Bertz CT molecular complexity index is 1170. The van der Waals surface area contributed by atoms with Crippen molar-refractivity contribution in [3.05, 3.63) is 46.4 Å². The van der Waals surface area contributed by atoms with Crippen LogP contribution in [-0.4, -0.2) is 52.7 Å². The van der Waals surface area contributed by atoms with E-state index in [4.69, 9.17) is 4.98 Å². The summed E-state index contributed by atoms with van der Waals surface area (Å²) in [6.07, 6.45) is 1.81. The summed E-state index contributed by atoms with van der Waals surface area (Å²) in [6.45, 7) is 10.7. The summed E-state index contributed by atoms with van der Waals surface area (Å²) in [4.78, 5) is 21.0. The SMILES string of the molecule is CCCn1c(CCC(=O)N(CC)Cc2cccs2)nc2cc(S(=O)(=O)N(CC)CC)ccc21. The molecule has 9 heteroatoms. The van der Waals surface area contributed by atoms with Crippen LogP contribution in [-0.2, 0) is 34.3 Å². The fourth-order valence-corrected chi connectivity index (χ4v) is 6.24. The third kappa shape index (κ3) is 5.65. The zero-order valence-corrected chi connectivity index (χ0v) is 21.6. The third-order valence-corrected chi connectivity index (χ3v) is 8.72. The van der Waals surface area contributed by atoms with Crippen LogP contribution in [0.1, 0.15) is 51.2 Å². The van der Waals surface area contributed by atoms with Gasteiger partial charge in [-0.15, -0.1) is 11.3 Å². The number of aryl methyl sites for hydroxylation is 2. The number of sulfonamides is 1. The van der Waals surface area contributed by atoms with Gasteiger partial charge in [0.1, 0.15) is 5.82 Å². The highest BCUT2D eigenvalue weighted by atomic mass is 32.2. The molecule has 0 fully saturated rings. The number of rotatable bonds is 12. The molecule has 0 atom stereocenters. The third-order valence-electron chi connectivity index (χ3n) is 5.81. The molecule has 2 aromatic heterocycles. The Morgan fingerprint density at radius 2 is 1.85 bits per heavy atom.